The van der Waals surface area contributed by atoms with Crippen LogP contribution < -0.4 is 10.0 Å². The summed E-state index contributed by atoms with van der Waals surface area (Å²) in [7, 11) is 0. The number of pyridine rings is 1. The van der Waals surface area contributed by atoms with Crippen molar-refractivity contribution >= 4 is 0 Å². The second-order valence-electron chi connectivity index (χ2n) is 4.48. The molecule has 94 valence electrons. The van der Waals surface area contributed by atoms with E-state index in [4.69, 9.17) is 0 Å². The first-order chi connectivity index (χ1) is 8.84. The Hall–Kier alpha value is -1.95. The Balaban J connectivity index is 1.87. The quantitative estimate of drug-likeness (QED) is 0.599. The Morgan fingerprint density at radius 3 is 2.89 bits per heavy atom. The van der Waals surface area contributed by atoms with Gasteiger partial charge in [0.1, 0.15) is 0 Å². The highest BCUT2D eigenvalue weighted by molar-refractivity contribution is 5.43. The van der Waals surface area contributed by atoms with Crippen molar-refractivity contribution in [3.63, 3.8) is 0 Å². The molecule has 3 heterocycles. The average Bonchev–Trinajstić information content (AvgIpc) is 2.90. The molecule has 0 radical (unpaired) electrons. The molecule has 6 nitrogen and oxygen atoms in total. The summed E-state index contributed by atoms with van der Waals surface area (Å²) in [6, 6.07) is 5.25. The summed E-state index contributed by atoms with van der Waals surface area (Å²) in [6.07, 6.45) is 3.55. The summed E-state index contributed by atoms with van der Waals surface area (Å²) in [5.74, 6) is 1.74. The lowest BCUT2D eigenvalue weighted by Gasteiger charge is -2.19. The number of hydrogen-bond donors (Lipinski definition) is 2. The van der Waals surface area contributed by atoms with Crippen LogP contribution in [0.5, 0.6) is 0 Å². The first-order valence-corrected chi connectivity index (χ1v) is 6.16. The second kappa shape index (κ2) is 4.73. The van der Waals surface area contributed by atoms with Crippen LogP contribution in [-0.4, -0.2) is 28.3 Å². The highest BCUT2D eigenvalue weighted by Crippen LogP contribution is 2.23. The third kappa shape index (κ3) is 2.06. The lowest BCUT2D eigenvalue weighted by Crippen LogP contribution is -2.28. The minimum Gasteiger partial charge on any atom is -0.618 e. The summed E-state index contributed by atoms with van der Waals surface area (Å²) in [5.41, 5.74) is 0.505. The fourth-order valence-electron chi connectivity index (χ4n) is 2.26. The van der Waals surface area contributed by atoms with E-state index in [1.165, 1.54) is 6.20 Å². The summed E-state index contributed by atoms with van der Waals surface area (Å²) < 4.78 is 0.798. The number of piperidine rings is 1. The SMILES string of the molecule is [O-][n+]1ccccc1-c1nc(C2CCNCC2)n[nH]1. The van der Waals surface area contributed by atoms with E-state index in [0.717, 1.165) is 36.5 Å². The molecule has 0 aliphatic carbocycles. The van der Waals surface area contributed by atoms with Crippen molar-refractivity contribution in [2.45, 2.75) is 18.8 Å². The fourth-order valence-corrected chi connectivity index (χ4v) is 2.26. The van der Waals surface area contributed by atoms with Crippen molar-refractivity contribution in [3.8, 4) is 11.5 Å². The molecule has 2 aromatic heterocycles. The lowest BCUT2D eigenvalue weighted by atomic mass is 9.98. The standard InChI is InChI=1S/C12H15N5O/c18-17-8-2-1-3-10(17)12-14-11(15-16-12)9-4-6-13-7-5-9/h1-3,8-9,13H,4-7H2,(H,14,15,16). The van der Waals surface area contributed by atoms with Crippen LogP contribution in [0.1, 0.15) is 24.6 Å². The van der Waals surface area contributed by atoms with Crippen molar-refractivity contribution in [2.24, 2.45) is 0 Å². The molecule has 6 heteroatoms. The maximum Gasteiger partial charge on any atom is 0.261 e. The molecule has 0 amide bonds. The summed E-state index contributed by atoms with van der Waals surface area (Å²) in [5, 5.41) is 22.0. The second-order valence-corrected chi connectivity index (χ2v) is 4.48. The van der Waals surface area contributed by atoms with Crippen LogP contribution in [-0.2, 0) is 0 Å². The van der Waals surface area contributed by atoms with Gasteiger partial charge >= 0.3 is 0 Å². The zero-order valence-corrected chi connectivity index (χ0v) is 9.97. The third-order valence-corrected chi connectivity index (χ3v) is 3.27. The maximum absolute atomic E-state index is 11.6. The zero-order chi connectivity index (χ0) is 12.4. The van der Waals surface area contributed by atoms with Gasteiger partial charge in [-0.25, -0.2) is 4.98 Å². The van der Waals surface area contributed by atoms with Gasteiger partial charge in [-0.3, -0.25) is 5.10 Å². The summed E-state index contributed by atoms with van der Waals surface area (Å²) in [4.78, 5) is 4.45. The molecular formula is C12H15N5O. The lowest BCUT2D eigenvalue weighted by molar-refractivity contribution is -0.594. The van der Waals surface area contributed by atoms with Gasteiger partial charge in [0.05, 0.1) is 0 Å². The van der Waals surface area contributed by atoms with Crippen molar-refractivity contribution in [3.05, 3.63) is 35.4 Å². The van der Waals surface area contributed by atoms with E-state index in [-0.39, 0.29) is 0 Å². The van der Waals surface area contributed by atoms with E-state index >= 15 is 0 Å². The smallest absolute Gasteiger partial charge is 0.261 e. The molecule has 0 unspecified atom stereocenters. The zero-order valence-electron chi connectivity index (χ0n) is 9.97. The fraction of sp³-hybridized carbons (Fsp3) is 0.417. The Morgan fingerprint density at radius 1 is 1.28 bits per heavy atom. The van der Waals surface area contributed by atoms with Crippen LogP contribution in [0.25, 0.3) is 11.5 Å². The van der Waals surface area contributed by atoms with Crippen LogP contribution in [0.2, 0.25) is 0 Å². The van der Waals surface area contributed by atoms with Crippen molar-refractivity contribution in [2.75, 3.05) is 13.1 Å². The number of rotatable bonds is 2. The molecule has 1 fully saturated rings. The predicted molar refractivity (Wildman–Crippen MR) is 65.6 cm³/mol. The van der Waals surface area contributed by atoms with Gasteiger partial charge < -0.3 is 10.5 Å². The largest absolute Gasteiger partial charge is 0.618 e. The molecule has 1 aliphatic heterocycles. The highest BCUT2D eigenvalue weighted by Gasteiger charge is 2.21. The van der Waals surface area contributed by atoms with Gasteiger partial charge in [0.25, 0.3) is 5.69 Å². The number of H-pyrrole nitrogens is 1. The molecule has 0 aromatic carbocycles. The first-order valence-electron chi connectivity index (χ1n) is 6.16. The van der Waals surface area contributed by atoms with Gasteiger partial charge in [-0.05, 0) is 32.0 Å². The van der Waals surface area contributed by atoms with Gasteiger partial charge in [0.15, 0.2) is 12.0 Å². The van der Waals surface area contributed by atoms with Gasteiger partial charge in [0, 0.05) is 18.1 Å². The number of nitrogens with one attached hydrogen (secondary N) is 2. The van der Waals surface area contributed by atoms with Crippen LogP contribution in [0.4, 0.5) is 0 Å². The molecule has 3 rings (SSSR count). The third-order valence-electron chi connectivity index (χ3n) is 3.27. The maximum atomic E-state index is 11.6. The van der Waals surface area contributed by atoms with Crippen LogP contribution in [0.15, 0.2) is 24.4 Å². The van der Waals surface area contributed by atoms with E-state index in [0.29, 0.717) is 17.4 Å². The molecule has 0 spiro atoms. The predicted octanol–water partition coefficient (Wildman–Crippen LogP) is 0.572. The summed E-state index contributed by atoms with van der Waals surface area (Å²) in [6.45, 7) is 2.00. The topological polar surface area (TPSA) is 80.5 Å². The van der Waals surface area contributed by atoms with Crippen molar-refractivity contribution < 1.29 is 4.73 Å². The number of nitrogens with zero attached hydrogens (tertiary/aromatic N) is 3. The van der Waals surface area contributed by atoms with E-state index in [9.17, 15) is 5.21 Å². The van der Waals surface area contributed by atoms with E-state index in [1.807, 2.05) is 6.07 Å². The molecule has 2 aromatic rings. The molecular weight excluding hydrogens is 230 g/mol. The van der Waals surface area contributed by atoms with Gasteiger partial charge in [-0.15, -0.1) is 0 Å². The molecule has 2 N–H and O–H groups in total. The Morgan fingerprint density at radius 2 is 2.11 bits per heavy atom. The van der Waals surface area contributed by atoms with Crippen molar-refractivity contribution in [1.82, 2.24) is 20.5 Å². The monoisotopic (exact) mass is 245 g/mol. The van der Waals surface area contributed by atoms with Crippen LogP contribution in [0.3, 0.4) is 0 Å². The Labute approximate surface area is 105 Å². The molecule has 18 heavy (non-hydrogen) atoms. The van der Waals surface area contributed by atoms with E-state index in [1.54, 1.807) is 12.1 Å². The van der Waals surface area contributed by atoms with Crippen LogP contribution in [0, 0.1) is 5.21 Å². The Bertz CT molecular complexity index is 533. The number of hydrogen-bond acceptors (Lipinski definition) is 4. The number of aromatic amines is 1. The molecule has 0 saturated carbocycles. The first kappa shape index (κ1) is 11.2. The van der Waals surface area contributed by atoms with Gasteiger partial charge in [-0.2, -0.15) is 9.83 Å². The van der Waals surface area contributed by atoms with E-state index in [2.05, 4.69) is 20.5 Å². The molecule has 0 atom stereocenters. The van der Waals surface area contributed by atoms with Gasteiger partial charge in [0.2, 0.25) is 5.82 Å². The minimum atomic E-state index is 0.389. The summed E-state index contributed by atoms with van der Waals surface area (Å²) >= 11 is 0. The van der Waals surface area contributed by atoms with Crippen molar-refractivity contribution in [1.29, 1.82) is 0 Å². The van der Waals surface area contributed by atoms with Crippen LogP contribution >= 0.6 is 0 Å². The minimum absolute atomic E-state index is 0.389. The highest BCUT2D eigenvalue weighted by atomic mass is 16.5. The number of aromatic nitrogens is 4. The molecule has 1 aliphatic rings. The Kier molecular flexibility index (Phi) is 2.93. The average molecular weight is 245 g/mol. The molecule has 0 bridgehead atoms. The van der Waals surface area contributed by atoms with Gasteiger partial charge in [-0.1, -0.05) is 0 Å². The molecule has 1 saturated heterocycles. The normalized spacial score (nSPS) is 16.9. The van der Waals surface area contributed by atoms with E-state index < -0.39 is 0 Å².